The summed E-state index contributed by atoms with van der Waals surface area (Å²) < 4.78 is 5.79. The molecule has 2 nitrogen and oxygen atoms in total. The van der Waals surface area contributed by atoms with E-state index in [1.165, 1.54) is 5.56 Å². The molecular formula is C20H24O2. The van der Waals surface area contributed by atoms with Crippen LogP contribution in [-0.4, -0.2) is 17.3 Å². The normalized spacial score (nSPS) is 13.5. The molecule has 2 aromatic rings. The molecule has 0 aliphatic rings. The molecule has 0 aliphatic carbocycles. The van der Waals surface area contributed by atoms with Gasteiger partial charge in [0.1, 0.15) is 0 Å². The maximum Gasteiger partial charge on any atom is 0.0839 e. The second-order valence-electron chi connectivity index (χ2n) is 5.53. The Labute approximate surface area is 133 Å². The Morgan fingerprint density at radius 1 is 1.05 bits per heavy atom. The lowest BCUT2D eigenvalue weighted by Crippen LogP contribution is -2.28. The Balaban J connectivity index is 1.91. The summed E-state index contributed by atoms with van der Waals surface area (Å²) in [7, 11) is 0. The molecule has 0 aliphatic heterocycles. The molecule has 0 aromatic heterocycles. The van der Waals surface area contributed by atoms with Crippen molar-refractivity contribution in [1.82, 2.24) is 0 Å². The van der Waals surface area contributed by atoms with Crippen LogP contribution >= 0.6 is 0 Å². The van der Waals surface area contributed by atoms with Crippen molar-refractivity contribution in [3.8, 4) is 0 Å². The molecule has 0 heterocycles. The van der Waals surface area contributed by atoms with Crippen LogP contribution in [0.1, 0.15) is 23.6 Å². The molecule has 116 valence electrons. The topological polar surface area (TPSA) is 29.5 Å². The second-order valence-corrected chi connectivity index (χ2v) is 5.53. The quantitative estimate of drug-likeness (QED) is 0.748. The third-order valence-electron chi connectivity index (χ3n) is 3.81. The average molecular weight is 296 g/mol. The third kappa shape index (κ3) is 4.83. The first-order valence-corrected chi connectivity index (χ1v) is 7.72. The van der Waals surface area contributed by atoms with Gasteiger partial charge >= 0.3 is 0 Å². The van der Waals surface area contributed by atoms with Crippen LogP contribution in [0.15, 0.2) is 67.3 Å². The van der Waals surface area contributed by atoms with Gasteiger partial charge in [-0.2, -0.15) is 0 Å². The van der Waals surface area contributed by atoms with E-state index >= 15 is 0 Å². The van der Waals surface area contributed by atoms with Crippen molar-refractivity contribution in [1.29, 1.82) is 0 Å². The van der Waals surface area contributed by atoms with E-state index in [0.717, 1.165) is 17.5 Å². The first-order valence-electron chi connectivity index (χ1n) is 7.72. The Hall–Kier alpha value is -1.90. The minimum absolute atomic E-state index is 0.211. The fraction of sp³-hybridized carbons (Fsp3) is 0.300. The average Bonchev–Trinajstić information content (AvgIpc) is 2.55. The molecule has 0 unspecified atom stereocenters. The van der Waals surface area contributed by atoms with E-state index in [0.29, 0.717) is 13.0 Å². The van der Waals surface area contributed by atoms with Gasteiger partial charge in [0, 0.05) is 6.42 Å². The standard InChI is InChI=1S/C20H24O2/c1-3-9-18-12-7-8-13-19(18)14-20(21)16(2)22-15-17-10-5-4-6-11-17/h3-8,10-13,16,20-21H,1,9,14-15H2,2H3/t16-,20-/m0/s1. The summed E-state index contributed by atoms with van der Waals surface area (Å²) in [4.78, 5) is 0. The molecular weight excluding hydrogens is 272 g/mol. The first-order chi connectivity index (χ1) is 10.7. The molecule has 1 N–H and O–H groups in total. The molecule has 0 bridgehead atoms. The lowest BCUT2D eigenvalue weighted by Gasteiger charge is -2.21. The van der Waals surface area contributed by atoms with Gasteiger partial charge in [0.15, 0.2) is 0 Å². The smallest absolute Gasteiger partial charge is 0.0839 e. The van der Waals surface area contributed by atoms with Gasteiger partial charge in [0.2, 0.25) is 0 Å². The van der Waals surface area contributed by atoms with E-state index in [1.807, 2.05) is 55.5 Å². The summed E-state index contributed by atoms with van der Waals surface area (Å²) >= 11 is 0. The first kappa shape index (κ1) is 16.5. The van der Waals surface area contributed by atoms with Crippen molar-refractivity contribution in [2.24, 2.45) is 0 Å². The van der Waals surface area contributed by atoms with Crippen molar-refractivity contribution >= 4 is 0 Å². The molecule has 2 atom stereocenters. The Kier molecular flexibility index (Phi) is 6.38. The van der Waals surface area contributed by atoms with Crippen LogP contribution in [0.3, 0.4) is 0 Å². The fourth-order valence-corrected chi connectivity index (χ4v) is 2.42. The number of ether oxygens (including phenoxy) is 1. The van der Waals surface area contributed by atoms with Gasteiger partial charge in [0.05, 0.1) is 18.8 Å². The van der Waals surface area contributed by atoms with Crippen LogP contribution < -0.4 is 0 Å². The van der Waals surface area contributed by atoms with E-state index < -0.39 is 6.10 Å². The fourth-order valence-electron chi connectivity index (χ4n) is 2.42. The van der Waals surface area contributed by atoms with Crippen molar-refractivity contribution in [3.63, 3.8) is 0 Å². The summed E-state index contributed by atoms with van der Waals surface area (Å²) in [5.41, 5.74) is 3.49. The summed E-state index contributed by atoms with van der Waals surface area (Å²) in [6, 6.07) is 18.2. The molecule has 0 radical (unpaired) electrons. The summed E-state index contributed by atoms with van der Waals surface area (Å²) in [6.07, 6.45) is 2.58. The van der Waals surface area contributed by atoms with Crippen LogP contribution in [-0.2, 0) is 24.2 Å². The minimum atomic E-state index is -0.519. The molecule has 2 aromatic carbocycles. The van der Waals surface area contributed by atoms with Gasteiger partial charge in [0.25, 0.3) is 0 Å². The van der Waals surface area contributed by atoms with Gasteiger partial charge in [-0.3, -0.25) is 0 Å². The van der Waals surface area contributed by atoms with Crippen LogP contribution in [0.4, 0.5) is 0 Å². The number of aliphatic hydroxyl groups is 1. The van der Waals surface area contributed by atoms with E-state index in [9.17, 15) is 5.11 Å². The number of hydrogen-bond donors (Lipinski definition) is 1. The summed E-state index contributed by atoms with van der Waals surface area (Å²) in [5, 5.41) is 10.4. The zero-order valence-electron chi connectivity index (χ0n) is 13.1. The van der Waals surface area contributed by atoms with Crippen LogP contribution in [0.2, 0.25) is 0 Å². The van der Waals surface area contributed by atoms with E-state index in [4.69, 9.17) is 4.74 Å². The number of allylic oxidation sites excluding steroid dienone is 1. The van der Waals surface area contributed by atoms with Gasteiger partial charge in [-0.15, -0.1) is 6.58 Å². The van der Waals surface area contributed by atoms with Crippen molar-refractivity contribution in [2.45, 2.75) is 38.6 Å². The molecule has 22 heavy (non-hydrogen) atoms. The number of hydrogen-bond acceptors (Lipinski definition) is 2. The van der Waals surface area contributed by atoms with E-state index in [2.05, 4.69) is 18.7 Å². The SMILES string of the molecule is C=CCc1ccccc1C[C@H](O)[C@H](C)OCc1ccccc1. The third-order valence-corrected chi connectivity index (χ3v) is 3.81. The van der Waals surface area contributed by atoms with Gasteiger partial charge in [-0.05, 0) is 30.0 Å². The predicted molar refractivity (Wildman–Crippen MR) is 90.7 cm³/mol. The molecule has 2 heteroatoms. The minimum Gasteiger partial charge on any atom is -0.390 e. The lowest BCUT2D eigenvalue weighted by molar-refractivity contribution is -0.0344. The van der Waals surface area contributed by atoms with E-state index in [1.54, 1.807) is 0 Å². The van der Waals surface area contributed by atoms with Crippen LogP contribution in [0.25, 0.3) is 0 Å². The highest BCUT2D eigenvalue weighted by molar-refractivity contribution is 5.29. The van der Waals surface area contributed by atoms with E-state index in [-0.39, 0.29) is 6.10 Å². The molecule has 0 fully saturated rings. The van der Waals surface area contributed by atoms with Crippen molar-refractivity contribution in [3.05, 3.63) is 83.9 Å². The monoisotopic (exact) mass is 296 g/mol. The van der Waals surface area contributed by atoms with Crippen LogP contribution in [0, 0.1) is 0 Å². The molecule has 0 spiro atoms. The molecule has 0 amide bonds. The zero-order chi connectivity index (χ0) is 15.8. The Morgan fingerprint density at radius 3 is 2.36 bits per heavy atom. The highest BCUT2D eigenvalue weighted by Gasteiger charge is 2.16. The van der Waals surface area contributed by atoms with Gasteiger partial charge in [-0.25, -0.2) is 0 Å². The van der Waals surface area contributed by atoms with Crippen molar-refractivity contribution in [2.75, 3.05) is 0 Å². The highest BCUT2D eigenvalue weighted by Crippen LogP contribution is 2.15. The molecule has 0 saturated carbocycles. The van der Waals surface area contributed by atoms with Gasteiger partial charge in [-0.1, -0.05) is 60.7 Å². The maximum atomic E-state index is 10.4. The zero-order valence-corrected chi connectivity index (χ0v) is 13.1. The highest BCUT2D eigenvalue weighted by atomic mass is 16.5. The number of benzene rings is 2. The number of aliphatic hydroxyl groups excluding tert-OH is 1. The molecule has 2 rings (SSSR count). The largest absolute Gasteiger partial charge is 0.390 e. The summed E-state index contributed by atoms with van der Waals surface area (Å²) in [5.74, 6) is 0. The Morgan fingerprint density at radius 2 is 1.68 bits per heavy atom. The van der Waals surface area contributed by atoms with Crippen LogP contribution in [0.5, 0.6) is 0 Å². The Bertz CT molecular complexity index is 577. The van der Waals surface area contributed by atoms with Crippen molar-refractivity contribution < 1.29 is 9.84 Å². The lowest BCUT2D eigenvalue weighted by atomic mass is 9.97. The summed E-state index contributed by atoms with van der Waals surface area (Å²) in [6.45, 7) is 6.23. The second kappa shape index (κ2) is 8.52. The predicted octanol–water partition coefficient (Wildman–Crippen LogP) is 3.92. The molecule has 0 saturated heterocycles. The number of rotatable bonds is 8. The van der Waals surface area contributed by atoms with Gasteiger partial charge < -0.3 is 9.84 Å². The maximum absolute atomic E-state index is 10.4.